The SMILES string of the molecule is Nc1ncnn2c(S(=O)(=O)CN3CCOCC3)ccc12. The van der Waals surface area contributed by atoms with Crippen molar-refractivity contribution in [3.05, 3.63) is 18.5 Å². The number of hydrogen-bond acceptors (Lipinski definition) is 7. The largest absolute Gasteiger partial charge is 0.382 e. The lowest BCUT2D eigenvalue weighted by atomic mass is 10.5. The normalized spacial score (nSPS) is 17.6. The van der Waals surface area contributed by atoms with E-state index in [0.717, 1.165) is 0 Å². The first-order valence-electron chi connectivity index (χ1n) is 6.19. The molecule has 3 heterocycles. The van der Waals surface area contributed by atoms with Crippen molar-refractivity contribution in [2.75, 3.05) is 37.9 Å². The number of anilines is 1. The molecule has 0 radical (unpaired) electrons. The van der Waals surface area contributed by atoms with Crippen molar-refractivity contribution in [3.8, 4) is 0 Å². The molecule has 0 saturated carbocycles. The van der Waals surface area contributed by atoms with E-state index in [1.54, 1.807) is 6.07 Å². The molecule has 108 valence electrons. The minimum Gasteiger partial charge on any atom is -0.382 e. The van der Waals surface area contributed by atoms with Crippen LogP contribution in [0.1, 0.15) is 0 Å². The van der Waals surface area contributed by atoms with E-state index in [1.807, 2.05) is 4.90 Å². The maximum Gasteiger partial charge on any atom is 0.208 e. The summed E-state index contributed by atoms with van der Waals surface area (Å²) in [5.41, 5.74) is 6.20. The lowest BCUT2D eigenvalue weighted by Gasteiger charge is -2.25. The first-order chi connectivity index (χ1) is 9.58. The summed E-state index contributed by atoms with van der Waals surface area (Å²) in [5, 5.41) is 4.10. The van der Waals surface area contributed by atoms with Crippen LogP contribution in [-0.4, -0.2) is 60.1 Å². The van der Waals surface area contributed by atoms with Crippen molar-refractivity contribution in [2.45, 2.75) is 5.03 Å². The molecule has 2 aromatic heterocycles. The molecular formula is C11H15N5O3S. The van der Waals surface area contributed by atoms with Gasteiger partial charge in [0.15, 0.2) is 10.8 Å². The fraction of sp³-hybridized carbons (Fsp3) is 0.455. The average molecular weight is 297 g/mol. The molecule has 0 atom stereocenters. The van der Waals surface area contributed by atoms with E-state index in [0.29, 0.717) is 31.8 Å². The van der Waals surface area contributed by atoms with Gasteiger partial charge in [-0.25, -0.2) is 17.9 Å². The van der Waals surface area contributed by atoms with Gasteiger partial charge in [0.2, 0.25) is 9.84 Å². The minimum atomic E-state index is -3.47. The van der Waals surface area contributed by atoms with E-state index in [4.69, 9.17) is 10.5 Å². The number of nitrogens with two attached hydrogens (primary N) is 1. The van der Waals surface area contributed by atoms with Crippen LogP contribution < -0.4 is 5.73 Å². The van der Waals surface area contributed by atoms with Crippen LogP contribution in [0.4, 0.5) is 5.82 Å². The highest BCUT2D eigenvalue weighted by Gasteiger charge is 2.24. The second-order valence-electron chi connectivity index (χ2n) is 4.59. The fourth-order valence-corrected chi connectivity index (χ4v) is 3.76. The van der Waals surface area contributed by atoms with Crippen molar-refractivity contribution < 1.29 is 13.2 Å². The third-order valence-corrected chi connectivity index (χ3v) is 4.87. The molecule has 1 aliphatic heterocycles. The molecule has 0 aliphatic carbocycles. The van der Waals surface area contributed by atoms with E-state index >= 15 is 0 Å². The van der Waals surface area contributed by atoms with Crippen LogP contribution >= 0.6 is 0 Å². The molecule has 1 aliphatic rings. The standard InChI is InChI=1S/C11H15N5O3S/c12-11-9-1-2-10(16(9)14-7-13-11)20(17,18)8-15-3-5-19-6-4-15/h1-2,7H,3-6,8H2,(H2,12,13,14). The van der Waals surface area contributed by atoms with Gasteiger partial charge in [0.1, 0.15) is 17.7 Å². The molecule has 2 N–H and O–H groups in total. The molecule has 20 heavy (non-hydrogen) atoms. The Hall–Kier alpha value is -1.71. The van der Waals surface area contributed by atoms with Crippen LogP contribution in [0, 0.1) is 0 Å². The zero-order valence-electron chi connectivity index (χ0n) is 10.8. The van der Waals surface area contributed by atoms with Crippen LogP contribution in [0.2, 0.25) is 0 Å². The molecule has 1 saturated heterocycles. The number of rotatable bonds is 3. The van der Waals surface area contributed by atoms with Gasteiger partial charge in [0.05, 0.1) is 13.2 Å². The number of aromatic nitrogens is 3. The van der Waals surface area contributed by atoms with Gasteiger partial charge in [-0.15, -0.1) is 0 Å². The average Bonchev–Trinajstić information content (AvgIpc) is 2.85. The maximum absolute atomic E-state index is 12.5. The highest BCUT2D eigenvalue weighted by atomic mass is 32.2. The molecular weight excluding hydrogens is 282 g/mol. The Kier molecular flexibility index (Phi) is 3.32. The Balaban J connectivity index is 1.94. The van der Waals surface area contributed by atoms with Gasteiger partial charge in [-0.2, -0.15) is 5.10 Å². The Morgan fingerprint density at radius 3 is 2.80 bits per heavy atom. The van der Waals surface area contributed by atoms with E-state index in [1.165, 1.54) is 16.9 Å². The van der Waals surface area contributed by atoms with Crippen molar-refractivity contribution >= 4 is 21.2 Å². The summed E-state index contributed by atoms with van der Waals surface area (Å²) >= 11 is 0. The summed E-state index contributed by atoms with van der Waals surface area (Å²) in [4.78, 5) is 5.69. The number of ether oxygens (including phenoxy) is 1. The van der Waals surface area contributed by atoms with Gasteiger partial charge in [-0.1, -0.05) is 0 Å². The van der Waals surface area contributed by atoms with Crippen molar-refractivity contribution in [1.29, 1.82) is 0 Å². The lowest BCUT2D eigenvalue weighted by Crippen LogP contribution is -2.39. The number of hydrogen-bond donors (Lipinski definition) is 1. The van der Waals surface area contributed by atoms with Crippen molar-refractivity contribution in [1.82, 2.24) is 19.5 Å². The molecule has 0 amide bonds. The highest BCUT2D eigenvalue weighted by Crippen LogP contribution is 2.19. The zero-order valence-corrected chi connectivity index (χ0v) is 11.6. The molecule has 0 bridgehead atoms. The molecule has 8 nitrogen and oxygen atoms in total. The Morgan fingerprint density at radius 2 is 2.05 bits per heavy atom. The summed E-state index contributed by atoms with van der Waals surface area (Å²) in [6.07, 6.45) is 1.25. The van der Waals surface area contributed by atoms with Gasteiger partial charge < -0.3 is 10.5 Å². The van der Waals surface area contributed by atoms with Crippen LogP contribution in [0.3, 0.4) is 0 Å². The Morgan fingerprint density at radius 1 is 1.30 bits per heavy atom. The molecule has 1 fully saturated rings. The maximum atomic E-state index is 12.5. The predicted molar refractivity (Wildman–Crippen MR) is 71.8 cm³/mol. The molecule has 2 aromatic rings. The van der Waals surface area contributed by atoms with Crippen LogP contribution in [0.5, 0.6) is 0 Å². The first kappa shape index (κ1) is 13.3. The fourth-order valence-electron chi connectivity index (χ4n) is 2.20. The van der Waals surface area contributed by atoms with Gasteiger partial charge in [-0.05, 0) is 12.1 Å². The smallest absolute Gasteiger partial charge is 0.208 e. The summed E-state index contributed by atoms with van der Waals surface area (Å²) in [6, 6.07) is 3.12. The van der Waals surface area contributed by atoms with Gasteiger partial charge >= 0.3 is 0 Å². The summed E-state index contributed by atoms with van der Waals surface area (Å²) in [5.74, 6) is 0.208. The van der Waals surface area contributed by atoms with E-state index in [9.17, 15) is 8.42 Å². The summed E-state index contributed by atoms with van der Waals surface area (Å²) in [7, 11) is -3.47. The molecule has 0 unspecified atom stereocenters. The third-order valence-electron chi connectivity index (χ3n) is 3.22. The molecule has 0 aromatic carbocycles. The van der Waals surface area contributed by atoms with Gasteiger partial charge in [0, 0.05) is 13.1 Å². The number of morpholine rings is 1. The first-order valence-corrected chi connectivity index (χ1v) is 7.84. The van der Waals surface area contributed by atoms with Gasteiger partial charge in [-0.3, -0.25) is 4.90 Å². The monoisotopic (exact) mass is 297 g/mol. The topological polar surface area (TPSA) is 103 Å². The molecule has 0 spiro atoms. The summed E-state index contributed by atoms with van der Waals surface area (Å²) in [6.45, 7) is 2.33. The van der Waals surface area contributed by atoms with Crippen LogP contribution in [-0.2, 0) is 14.6 Å². The van der Waals surface area contributed by atoms with E-state index < -0.39 is 9.84 Å². The Bertz CT molecular complexity index is 721. The Labute approximate surface area is 116 Å². The number of fused-ring (bicyclic) bond motifs is 1. The number of nitrogens with zero attached hydrogens (tertiary/aromatic N) is 4. The number of nitrogen functional groups attached to an aromatic ring is 1. The quantitative estimate of drug-likeness (QED) is 0.805. The minimum absolute atomic E-state index is 0.0492. The van der Waals surface area contributed by atoms with Crippen LogP contribution in [0.25, 0.3) is 5.52 Å². The second kappa shape index (κ2) is 5.00. The number of sulfone groups is 1. The molecule has 3 rings (SSSR count). The zero-order chi connectivity index (χ0) is 14.2. The predicted octanol–water partition coefficient (Wildman–Crippen LogP) is -0.625. The third kappa shape index (κ3) is 2.35. The van der Waals surface area contributed by atoms with Crippen molar-refractivity contribution in [2.24, 2.45) is 0 Å². The van der Waals surface area contributed by atoms with E-state index in [2.05, 4.69) is 10.1 Å². The molecule has 9 heteroatoms. The highest BCUT2D eigenvalue weighted by molar-refractivity contribution is 7.91. The van der Waals surface area contributed by atoms with Crippen molar-refractivity contribution in [3.63, 3.8) is 0 Å². The van der Waals surface area contributed by atoms with E-state index in [-0.39, 0.29) is 16.7 Å². The lowest BCUT2D eigenvalue weighted by molar-refractivity contribution is 0.0464. The van der Waals surface area contributed by atoms with Crippen LogP contribution in [0.15, 0.2) is 23.5 Å². The second-order valence-corrected chi connectivity index (χ2v) is 6.49. The summed E-state index contributed by atoms with van der Waals surface area (Å²) < 4.78 is 31.5. The van der Waals surface area contributed by atoms with Gasteiger partial charge in [0.25, 0.3) is 0 Å².